The molecule has 1 rings (SSSR count). The van der Waals surface area contributed by atoms with Crippen molar-refractivity contribution in [3.8, 4) is 0 Å². The minimum Gasteiger partial charge on any atom is -0.369 e. The lowest BCUT2D eigenvalue weighted by Gasteiger charge is -2.11. The maximum Gasteiger partial charge on any atom is 0.148 e. The average molecular weight is 243 g/mol. The van der Waals surface area contributed by atoms with E-state index < -0.39 is 10.8 Å². The minimum atomic E-state index is -0.805. The highest BCUT2D eigenvalue weighted by Crippen LogP contribution is 2.18. The Morgan fingerprint density at radius 1 is 1.31 bits per heavy atom. The Morgan fingerprint density at radius 2 is 1.94 bits per heavy atom. The first kappa shape index (κ1) is 12.9. The van der Waals surface area contributed by atoms with Gasteiger partial charge in [0, 0.05) is 34.9 Å². The van der Waals surface area contributed by atoms with Crippen molar-refractivity contribution in [3.63, 3.8) is 0 Å². The Bertz CT molecular complexity index is 396. The fraction of sp³-hybridized carbons (Fsp3) is 0.556. The Balaban J connectivity index is 2.78. The van der Waals surface area contributed by atoms with Crippen molar-refractivity contribution in [2.45, 2.75) is 13.8 Å². The molecular formula is C9H17N5OS. The van der Waals surface area contributed by atoms with Gasteiger partial charge >= 0.3 is 0 Å². The summed E-state index contributed by atoms with van der Waals surface area (Å²) >= 11 is 0. The van der Waals surface area contributed by atoms with Gasteiger partial charge in [0.05, 0.1) is 0 Å². The number of hydrogen-bond donors (Lipinski definition) is 3. The number of nitrogens with two attached hydrogens (primary N) is 1. The third kappa shape index (κ3) is 3.42. The van der Waals surface area contributed by atoms with Gasteiger partial charge in [0.2, 0.25) is 0 Å². The van der Waals surface area contributed by atoms with Gasteiger partial charge in [-0.15, -0.1) is 0 Å². The molecule has 1 unspecified atom stereocenters. The van der Waals surface area contributed by atoms with Crippen molar-refractivity contribution in [3.05, 3.63) is 11.4 Å². The molecule has 90 valence electrons. The van der Waals surface area contributed by atoms with Crippen LogP contribution in [0.25, 0.3) is 0 Å². The molecule has 0 saturated carbocycles. The van der Waals surface area contributed by atoms with Gasteiger partial charge in [-0.3, -0.25) is 4.21 Å². The van der Waals surface area contributed by atoms with Crippen LogP contribution in [0, 0.1) is 13.8 Å². The third-order valence-electron chi connectivity index (χ3n) is 2.08. The maximum absolute atomic E-state index is 10.9. The van der Waals surface area contributed by atoms with Crippen LogP contribution in [-0.4, -0.2) is 32.7 Å². The number of nitrogen functional groups attached to an aromatic ring is 1. The molecule has 6 nitrogen and oxygen atoms in total. The molecule has 1 aromatic rings. The van der Waals surface area contributed by atoms with Crippen molar-refractivity contribution in [2.24, 2.45) is 5.84 Å². The van der Waals surface area contributed by atoms with E-state index >= 15 is 0 Å². The minimum absolute atomic E-state index is 0.591. The number of nitrogens with zero attached hydrogens (tertiary/aromatic N) is 2. The zero-order valence-electron chi connectivity index (χ0n) is 9.70. The van der Waals surface area contributed by atoms with Gasteiger partial charge in [0.15, 0.2) is 0 Å². The maximum atomic E-state index is 10.9. The number of hydrazine groups is 1. The summed E-state index contributed by atoms with van der Waals surface area (Å²) in [7, 11) is -0.805. The lowest BCUT2D eigenvalue weighted by Crippen LogP contribution is -2.16. The summed E-state index contributed by atoms with van der Waals surface area (Å²) in [5.74, 6) is 7.91. The molecule has 4 N–H and O–H groups in total. The highest BCUT2D eigenvalue weighted by Gasteiger charge is 2.07. The quantitative estimate of drug-likeness (QED) is 0.504. The summed E-state index contributed by atoms with van der Waals surface area (Å²) < 4.78 is 10.9. The van der Waals surface area contributed by atoms with Crippen molar-refractivity contribution < 1.29 is 4.21 Å². The highest BCUT2D eigenvalue weighted by molar-refractivity contribution is 7.84. The molecule has 0 aromatic carbocycles. The molecule has 0 aliphatic rings. The Morgan fingerprint density at radius 3 is 2.50 bits per heavy atom. The molecule has 0 bridgehead atoms. The van der Waals surface area contributed by atoms with E-state index in [2.05, 4.69) is 20.7 Å². The predicted molar refractivity (Wildman–Crippen MR) is 66.7 cm³/mol. The number of aryl methyl sites for hydroxylation is 1. The topological polar surface area (TPSA) is 92.9 Å². The second-order valence-corrected chi connectivity index (χ2v) is 5.00. The SMILES string of the molecule is Cc1nc(NN)c(C)c(NCCS(C)=O)n1. The molecule has 0 amide bonds. The number of anilines is 2. The molecule has 16 heavy (non-hydrogen) atoms. The molecule has 0 aliphatic carbocycles. The Labute approximate surface area is 97.5 Å². The van der Waals surface area contributed by atoms with E-state index in [0.29, 0.717) is 23.9 Å². The number of hydrogen-bond acceptors (Lipinski definition) is 6. The fourth-order valence-electron chi connectivity index (χ4n) is 1.25. The van der Waals surface area contributed by atoms with Crippen LogP contribution in [0.5, 0.6) is 0 Å². The monoisotopic (exact) mass is 243 g/mol. The molecule has 1 heterocycles. The van der Waals surface area contributed by atoms with Crippen LogP contribution in [0.15, 0.2) is 0 Å². The van der Waals surface area contributed by atoms with E-state index in [-0.39, 0.29) is 0 Å². The standard InChI is InChI=1S/C9H17N5OS/c1-6-8(11-4-5-16(3)15)12-7(2)13-9(6)14-10/h4-5,10H2,1-3H3,(H2,11,12,13,14). The third-order valence-corrected chi connectivity index (χ3v) is 2.86. The van der Waals surface area contributed by atoms with Crippen molar-refractivity contribution >= 4 is 22.4 Å². The van der Waals surface area contributed by atoms with Crippen molar-refractivity contribution in [2.75, 3.05) is 29.3 Å². The summed E-state index contributed by atoms with van der Waals surface area (Å²) in [4.78, 5) is 8.41. The summed E-state index contributed by atoms with van der Waals surface area (Å²) in [5, 5.41) is 3.12. The molecular weight excluding hydrogens is 226 g/mol. The van der Waals surface area contributed by atoms with Crippen LogP contribution in [0.1, 0.15) is 11.4 Å². The van der Waals surface area contributed by atoms with E-state index in [9.17, 15) is 4.21 Å². The largest absolute Gasteiger partial charge is 0.369 e. The first-order valence-electron chi connectivity index (χ1n) is 4.90. The molecule has 0 aliphatic heterocycles. The van der Waals surface area contributed by atoms with Crippen molar-refractivity contribution in [1.82, 2.24) is 9.97 Å². The first-order chi connectivity index (χ1) is 7.54. The van der Waals surface area contributed by atoms with Crippen LogP contribution in [0.4, 0.5) is 11.6 Å². The van der Waals surface area contributed by atoms with Crippen LogP contribution in [0.3, 0.4) is 0 Å². The van der Waals surface area contributed by atoms with Gasteiger partial charge < -0.3 is 10.7 Å². The molecule has 0 saturated heterocycles. The molecule has 7 heteroatoms. The Kier molecular flexibility index (Phi) is 4.63. The van der Waals surface area contributed by atoms with Crippen LogP contribution < -0.4 is 16.6 Å². The lowest BCUT2D eigenvalue weighted by atomic mass is 10.3. The number of nitrogens with one attached hydrogen (secondary N) is 2. The van der Waals surface area contributed by atoms with Gasteiger partial charge in [0.1, 0.15) is 17.5 Å². The zero-order chi connectivity index (χ0) is 12.1. The van der Waals surface area contributed by atoms with Gasteiger partial charge in [-0.05, 0) is 13.8 Å². The molecule has 0 radical (unpaired) electrons. The fourth-order valence-corrected chi connectivity index (χ4v) is 1.64. The second kappa shape index (κ2) is 5.76. The van der Waals surface area contributed by atoms with E-state index in [4.69, 9.17) is 5.84 Å². The summed E-state index contributed by atoms with van der Waals surface area (Å²) in [6.07, 6.45) is 1.67. The normalized spacial score (nSPS) is 12.2. The average Bonchev–Trinajstić information content (AvgIpc) is 2.22. The van der Waals surface area contributed by atoms with Crippen LogP contribution in [0.2, 0.25) is 0 Å². The predicted octanol–water partition coefficient (Wildman–Crippen LogP) is 0.169. The highest BCUT2D eigenvalue weighted by atomic mass is 32.2. The summed E-state index contributed by atoms with van der Waals surface area (Å²) in [6.45, 7) is 4.29. The van der Waals surface area contributed by atoms with Crippen LogP contribution in [-0.2, 0) is 10.8 Å². The van der Waals surface area contributed by atoms with E-state index in [1.165, 1.54) is 0 Å². The van der Waals surface area contributed by atoms with Gasteiger partial charge in [-0.25, -0.2) is 15.8 Å². The zero-order valence-corrected chi connectivity index (χ0v) is 10.5. The number of rotatable bonds is 5. The van der Waals surface area contributed by atoms with Gasteiger partial charge in [-0.1, -0.05) is 0 Å². The molecule has 0 spiro atoms. The summed E-state index contributed by atoms with van der Waals surface area (Å²) in [5.41, 5.74) is 3.38. The smallest absolute Gasteiger partial charge is 0.148 e. The van der Waals surface area contributed by atoms with E-state index in [1.807, 2.05) is 6.92 Å². The number of aromatic nitrogens is 2. The van der Waals surface area contributed by atoms with Gasteiger partial charge in [-0.2, -0.15) is 0 Å². The van der Waals surface area contributed by atoms with E-state index in [1.54, 1.807) is 13.2 Å². The molecule has 0 fully saturated rings. The molecule has 1 aromatic heterocycles. The summed E-state index contributed by atoms with van der Waals surface area (Å²) in [6, 6.07) is 0. The molecule has 1 atom stereocenters. The van der Waals surface area contributed by atoms with E-state index in [0.717, 1.165) is 11.4 Å². The lowest BCUT2D eigenvalue weighted by molar-refractivity contribution is 0.687. The van der Waals surface area contributed by atoms with Crippen molar-refractivity contribution in [1.29, 1.82) is 0 Å². The van der Waals surface area contributed by atoms with Gasteiger partial charge in [0.25, 0.3) is 0 Å². The first-order valence-corrected chi connectivity index (χ1v) is 6.63. The Hall–Kier alpha value is -1.21. The van der Waals surface area contributed by atoms with Crippen LogP contribution >= 0.6 is 0 Å². The second-order valence-electron chi connectivity index (χ2n) is 3.44.